The molecule has 0 aliphatic rings. The summed E-state index contributed by atoms with van der Waals surface area (Å²) in [5.41, 5.74) is 1.62. The van der Waals surface area contributed by atoms with Crippen LogP contribution in [0.15, 0.2) is 48.5 Å². The minimum absolute atomic E-state index is 0.111. The van der Waals surface area contributed by atoms with Crippen molar-refractivity contribution in [2.45, 2.75) is 13.3 Å². The van der Waals surface area contributed by atoms with Crippen molar-refractivity contribution in [1.82, 2.24) is 9.69 Å². The summed E-state index contributed by atoms with van der Waals surface area (Å²) in [6, 6.07) is 14.4. The predicted octanol–water partition coefficient (Wildman–Crippen LogP) is 3.69. The fourth-order valence-corrected chi connectivity index (χ4v) is 3.06. The van der Waals surface area contributed by atoms with Crippen LogP contribution in [0, 0.1) is 0 Å². The second-order valence-corrected chi connectivity index (χ2v) is 6.12. The molecule has 0 aliphatic heterocycles. The number of anilines is 1. The SMILES string of the molecule is CCCNC(=O)c1ccc(NC(=O)c2nsc3ccccc23)cc1. The number of carbonyl (C=O) groups excluding carboxylic acids is 2. The van der Waals surface area contributed by atoms with E-state index in [9.17, 15) is 9.59 Å². The second-order valence-electron chi connectivity index (χ2n) is 5.31. The quantitative estimate of drug-likeness (QED) is 0.745. The Morgan fingerprint density at radius 3 is 2.54 bits per heavy atom. The fourth-order valence-electron chi connectivity index (χ4n) is 2.29. The van der Waals surface area contributed by atoms with E-state index in [2.05, 4.69) is 15.0 Å². The number of benzene rings is 2. The third-order valence-electron chi connectivity index (χ3n) is 3.53. The lowest BCUT2D eigenvalue weighted by Gasteiger charge is -2.06. The zero-order chi connectivity index (χ0) is 16.9. The largest absolute Gasteiger partial charge is 0.352 e. The molecule has 1 heterocycles. The highest BCUT2D eigenvalue weighted by Crippen LogP contribution is 2.23. The van der Waals surface area contributed by atoms with Gasteiger partial charge in [0.2, 0.25) is 0 Å². The van der Waals surface area contributed by atoms with E-state index in [0.717, 1.165) is 16.5 Å². The van der Waals surface area contributed by atoms with Crippen LogP contribution in [-0.2, 0) is 0 Å². The van der Waals surface area contributed by atoms with Gasteiger partial charge in [-0.15, -0.1) is 0 Å². The Hall–Kier alpha value is -2.73. The van der Waals surface area contributed by atoms with E-state index < -0.39 is 0 Å². The van der Waals surface area contributed by atoms with Gasteiger partial charge in [-0.05, 0) is 48.3 Å². The highest BCUT2D eigenvalue weighted by molar-refractivity contribution is 7.13. The summed E-state index contributed by atoms with van der Waals surface area (Å²) in [7, 11) is 0. The van der Waals surface area contributed by atoms with Crippen molar-refractivity contribution in [3.8, 4) is 0 Å². The van der Waals surface area contributed by atoms with Crippen LogP contribution in [0.2, 0.25) is 0 Å². The number of nitrogens with zero attached hydrogens (tertiary/aromatic N) is 1. The van der Waals surface area contributed by atoms with Gasteiger partial charge >= 0.3 is 0 Å². The molecule has 24 heavy (non-hydrogen) atoms. The van der Waals surface area contributed by atoms with E-state index in [0.29, 0.717) is 23.5 Å². The molecule has 6 heteroatoms. The van der Waals surface area contributed by atoms with Crippen LogP contribution < -0.4 is 10.6 Å². The Kier molecular flexibility index (Phi) is 4.86. The van der Waals surface area contributed by atoms with Crippen LogP contribution in [-0.4, -0.2) is 22.7 Å². The standard InChI is InChI=1S/C18H17N3O2S/c1-2-11-19-17(22)12-7-9-13(10-8-12)20-18(23)16-14-5-3-4-6-15(14)24-21-16/h3-10H,2,11H2,1H3,(H,19,22)(H,20,23). The summed E-state index contributed by atoms with van der Waals surface area (Å²) in [6.45, 7) is 2.65. The van der Waals surface area contributed by atoms with Gasteiger partial charge in [0.25, 0.3) is 11.8 Å². The number of hydrogen-bond acceptors (Lipinski definition) is 4. The van der Waals surface area contributed by atoms with Crippen molar-refractivity contribution in [2.24, 2.45) is 0 Å². The van der Waals surface area contributed by atoms with E-state index in [-0.39, 0.29) is 11.8 Å². The minimum atomic E-state index is -0.254. The molecule has 2 N–H and O–H groups in total. The van der Waals surface area contributed by atoms with Crippen molar-refractivity contribution in [3.05, 3.63) is 59.8 Å². The molecule has 0 spiro atoms. The molecule has 0 unspecified atom stereocenters. The molecule has 3 rings (SSSR count). The fraction of sp³-hybridized carbons (Fsp3) is 0.167. The van der Waals surface area contributed by atoms with Crippen molar-refractivity contribution >= 4 is 39.1 Å². The van der Waals surface area contributed by atoms with Crippen molar-refractivity contribution < 1.29 is 9.59 Å². The van der Waals surface area contributed by atoms with E-state index >= 15 is 0 Å². The van der Waals surface area contributed by atoms with Crippen LogP contribution in [0.5, 0.6) is 0 Å². The highest BCUT2D eigenvalue weighted by atomic mass is 32.1. The lowest BCUT2D eigenvalue weighted by atomic mass is 10.1. The van der Waals surface area contributed by atoms with Gasteiger partial charge in [0.05, 0.1) is 4.70 Å². The number of aromatic nitrogens is 1. The zero-order valence-electron chi connectivity index (χ0n) is 13.2. The number of hydrogen-bond donors (Lipinski definition) is 2. The summed E-state index contributed by atoms with van der Waals surface area (Å²) in [5.74, 6) is -0.365. The van der Waals surface area contributed by atoms with Crippen LogP contribution >= 0.6 is 11.5 Å². The van der Waals surface area contributed by atoms with Gasteiger partial charge < -0.3 is 10.6 Å². The molecule has 0 fully saturated rings. The average Bonchev–Trinajstić information content (AvgIpc) is 3.04. The van der Waals surface area contributed by atoms with Crippen molar-refractivity contribution in [1.29, 1.82) is 0 Å². The summed E-state index contributed by atoms with van der Waals surface area (Å²) < 4.78 is 5.21. The first-order chi connectivity index (χ1) is 11.7. The Labute approximate surface area is 143 Å². The lowest BCUT2D eigenvalue weighted by Crippen LogP contribution is -2.23. The van der Waals surface area contributed by atoms with Crippen LogP contribution in [0.25, 0.3) is 10.1 Å². The zero-order valence-corrected chi connectivity index (χ0v) is 14.0. The second kappa shape index (κ2) is 7.23. The monoisotopic (exact) mass is 339 g/mol. The summed E-state index contributed by atoms with van der Waals surface area (Å²) in [4.78, 5) is 24.3. The molecular formula is C18H17N3O2S. The molecule has 0 saturated carbocycles. The van der Waals surface area contributed by atoms with E-state index in [1.807, 2.05) is 31.2 Å². The summed E-state index contributed by atoms with van der Waals surface area (Å²) in [6.07, 6.45) is 0.890. The predicted molar refractivity (Wildman–Crippen MR) is 96.6 cm³/mol. The molecule has 3 aromatic rings. The Morgan fingerprint density at radius 2 is 1.79 bits per heavy atom. The molecule has 1 aromatic heterocycles. The minimum Gasteiger partial charge on any atom is -0.352 e. The molecule has 2 amide bonds. The first kappa shape index (κ1) is 16.1. The topological polar surface area (TPSA) is 71.1 Å². The van der Waals surface area contributed by atoms with Crippen LogP contribution in [0.3, 0.4) is 0 Å². The smallest absolute Gasteiger partial charge is 0.276 e. The van der Waals surface area contributed by atoms with Gasteiger partial charge in [-0.3, -0.25) is 9.59 Å². The molecular weight excluding hydrogens is 322 g/mol. The average molecular weight is 339 g/mol. The molecule has 5 nitrogen and oxygen atoms in total. The van der Waals surface area contributed by atoms with Crippen LogP contribution in [0.1, 0.15) is 34.2 Å². The van der Waals surface area contributed by atoms with Gasteiger partial charge in [-0.1, -0.05) is 25.1 Å². The Bertz CT molecular complexity index is 871. The number of rotatable bonds is 5. The Balaban J connectivity index is 1.72. The van der Waals surface area contributed by atoms with Gasteiger partial charge in [0.15, 0.2) is 0 Å². The normalized spacial score (nSPS) is 10.5. The molecule has 122 valence electrons. The van der Waals surface area contributed by atoms with Crippen LogP contribution in [0.4, 0.5) is 5.69 Å². The van der Waals surface area contributed by atoms with E-state index in [1.54, 1.807) is 24.3 Å². The molecule has 0 radical (unpaired) electrons. The van der Waals surface area contributed by atoms with Gasteiger partial charge in [0, 0.05) is 23.2 Å². The molecule has 0 atom stereocenters. The highest BCUT2D eigenvalue weighted by Gasteiger charge is 2.14. The van der Waals surface area contributed by atoms with Gasteiger partial charge in [-0.2, -0.15) is 4.37 Å². The van der Waals surface area contributed by atoms with Gasteiger partial charge in [0.1, 0.15) is 5.69 Å². The maximum absolute atomic E-state index is 12.4. The maximum Gasteiger partial charge on any atom is 0.276 e. The number of fused-ring (bicyclic) bond motifs is 1. The number of nitrogens with one attached hydrogen (secondary N) is 2. The van der Waals surface area contributed by atoms with Gasteiger partial charge in [-0.25, -0.2) is 0 Å². The van der Waals surface area contributed by atoms with Crippen molar-refractivity contribution in [3.63, 3.8) is 0 Å². The first-order valence-corrected chi connectivity index (χ1v) is 8.50. The maximum atomic E-state index is 12.4. The third kappa shape index (κ3) is 3.44. The van der Waals surface area contributed by atoms with Crippen molar-refractivity contribution in [2.75, 3.05) is 11.9 Å². The third-order valence-corrected chi connectivity index (χ3v) is 4.36. The van der Waals surface area contributed by atoms with E-state index in [4.69, 9.17) is 0 Å². The molecule has 0 aliphatic carbocycles. The Morgan fingerprint density at radius 1 is 1.04 bits per heavy atom. The lowest BCUT2D eigenvalue weighted by molar-refractivity contribution is 0.0953. The number of carbonyl (C=O) groups is 2. The van der Waals surface area contributed by atoms with E-state index in [1.165, 1.54) is 11.5 Å². The number of amides is 2. The molecule has 2 aromatic carbocycles. The summed E-state index contributed by atoms with van der Waals surface area (Å²) >= 11 is 1.30. The molecule has 0 bridgehead atoms. The first-order valence-electron chi connectivity index (χ1n) is 7.73. The molecule has 0 saturated heterocycles. The summed E-state index contributed by atoms with van der Waals surface area (Å²) in [5, 5.41) is 6.48.